The normalized spacial score (nSPS) is 15.8. The number of fused-ring (bicyclic) bond motifs is 3. The first-order valence-corrected chi connectivity index (χ1v) is 7.70. The van der Waals surface area contributed by atoms with E-state index in [4.69, 9.17) is 0 Å². The highest BCUT2D eigenvalue weighted by molar-refractivity contribution is 8.02. The Morgan fingerprint density at radius 3 is 1.69 bits per heavy atom. The number of nitrogens with zero attached hydrogens (tertiary/aromatic N) is 2. The molecule has 2 aliphatic rings. The van der Waals surface area contributed by atoms with Gasteiger partial charge in [0, 0.05) is 23.9 Å². The first kappa shape index (κ1) is 9.47. The van der Waals surface area contributed by atoms with E-state index in [0.29, 0.717) is 0 Å². The summed E-state index contributed by atoms with van der Waals surface area (Å²) in [5.74, 6) is 0. The largest absolute Gasteiger partial charge is 0.154 e. The van der Waals surface area contributed by atoms with Crippen molar-refractivity contribution < 1.29 is 0 Å². The average Bonchev–Trinajstić information content (AvgIpc) is 2.89. The first-order chi connectivity index (χ1) is 7.90. The standard InChI is InChI=1S/C10H4N2S4/c1-5-2-9-10(16-12-15-9)4-6(5)3-8-7(1)13-11-14-8/h1-4H. The van der Waals surface area contributed by atoms with Gasteiger partial charge in [-0.3, -0.25) is 0 Å². The van der Waals surface area contributed by atoms with Crippen molar-refractivity contribution in [2.24, 2.45) is 7.54 Å². The molecule has 2 nitrogen and oxygen atoms in total. The molecule has 2 heterocycles. The molecule has 2 aromatic carbocycles. The summed E-state index contributed by atoms with van der Waals surface area (Å²) in [7, 11) is 0. The fraction of sp³-hybridized carbons (Fsp3) is 0. The van der Waals surface area contributed by atoms with Crippen molar-refractivity contribution in [3.8, 4) is 0 Å². The SMILES string of the molecule is c1c2c(cc3cc4c(cc13)=S=NS4)=S=NS2. The number of hydrogen-bond donors (Lipinski definition) is 0. The summed E-state index contributed by atoms with van der Waals surface area (Å²) in [6, 6.07) is 8.90. The molecule has 0 saturated carbocycles. The zero-order valence-electron chi connectivity index (χ0n) is 7.84. The molecule has 2 aliphatic heterocycles. The van der Waals surface area contributed by atoms with Gasteiger partial charge >= 0.3 is 0 Å². The average molecular weight is 280 g/mol. The van der Waals surface area contributed by atoms with Crippen LogP contribution in [-0.2, 0) is 22.3 Å². The number of hydrogen-bond acceptors (Lipinski definition) is 4. The van der Waals surface area contributed by atoms with E-state index < -0.39 is 0 Å². The monoisotopic (exact) mass is 280 g/mol. The quantitative estimate of drug-likeness (QED) is 0.540. The molecule has 2 aromatic rings. The van der Waals surface area contributed by atoms with Crippen LogP contribution in [0.4, 0.5) is 0 Å². The van der Waals surface area contributed by atoms with Crippen LogP contribution < -0.4 is 0 Å². The molecule has 0 radical (unpaired) electrons. The van der Waals surface area contributed by atoms with Gasteiger partial charge in [-0.2, -0.15) is 7.54 Å². The molecular formula is C10H4N2S4. The summed E-state index contributed by atoms with van der Waals surface area (Å²) in [6.07, 6.45) is 0. The van der Waals surface area contributed by atoms with E-state index in [0.717, 1.165) is 0 Å². The van der Waals surface area contributed by atoms with E-state index in [1.54, 1.807) is 46.2 Å². The summed E-state index contributed by atoms with van der Waals surface area (Å²) >= 11 is 6.27. The second kappa shape index (κ2) is 3.46. The molecule has 6 heteroatoms. The molecule has 0 aromatic heterocycles. The maximum absolute atomic E-state index is 4.26. The molecule has 0 amide bonds. The summed E-state index contributed by atoms with van der Waals surface area (Å²) in [5, 5.41) is 2.57. The molecule has 0 atom stereocenters. The van der Waals surface area contributed by atoms with Crippen molar-refractivity contribution >= 4 is 57.0 Å². The lowest BCUT2D eigenvalue weighted by Gasteiger charge is -2.00. The van der Waals surface area contributed by atoms with Crippen LogP contribution in [0.2, 0.25) is 0 Å². The predicted octanol–water partition coefficient (Wildman–Crippen LogP) is 3.92. The third kappa shape index (κ3) is 1.34. The first-order valence-electron chi connectivity index (χ1n) is 4.61. The van der Waals surface area contributed by atoms with E-state index >= 15 is 0 Å². The lowest BCUT2D eigenvalue weighted by Crippen LogP contribution is -1.78. The van der Waals surface area contributed by atoms with Crippen LogP contribution in [-0.4, -0.2) is 0 Å². The van der Waals surface area contributed by atoms with Gasteiger partial charge in [0.25, 0.3) is 0 Å². The Balaban J connectivity index is 2.23. The van der Waals surface area contributed by atoms with Gasteiger partial charge in [-0.15, -0.1) is 0 Å². The number of rotatable bonds is 0. The zero-order chi connectivity index (χ0) is 10.5. The molecule has 78 valence electrons. The highest BCUT2D eigenvalue weighted by Crippen LogP contribution is 2.32. The number of benzene rings is 2. The maximum atomic E-state index is 4.26. The molecule has 0 aliphatic carbocycles. The Bertz CT molecular complexity index is 759. The second-order valence-electron chi connectivity index (χ2n) is 3.46. The molecule has 0 saturated heterocycles. The fourth-order valence-corrected chi connectivity index (χ4v) is 5.09. The predicted molar refractivity (Wildman–Crippen MR) is 72.9 cm³/mol. The minimum atomic E-state index is 1.27. The van der Waals surface area contributed by atoms with Gasteiger partial charge in [0.1, 0.15) is 0 Å². The third-order valence-corrected chi connectivity index (χ3v) is 6.10. The molecule has 0 bridgehead atoms. The smallest absolute Gasteiger partial charge is 0.0629 e. The Morgan fingerprint density at radius 1 is 0.688 bits per heavy atom. The summed E-state index contributed by atoms with van der Waals surface area (Å²) in [4.78, 5) is 2.54. The Labute approximate surface area is 107 Å². The molecular weight excluding hydrogens is 276 g/mol. The third-order valence-electron chi connectivity index (χ3n) is 2.51. The van der Waals surface area contributed by atoms with Gasteiger partial charge in [-0.1, -0.05) is 0 Å². The van der Waals surface area contributed by atoms with E-state index in [-0.39, 0.29) is 0 Å². The topological polar surface area (TPSA) is 24.7 Å². The summed E-state index contributed by atoms with van der Waals surface area (Å²) < 4.78 is 11.1. The molecule has 0 fully saturated rings. The second-order valence-corrected chi connectivity index (χ2v) is 7.14. The van der Waals surface area contributed by atoms with Crippen LogP contribution in [0.1, 0.15) is 0 Å². The van der Waals surface area contributed by atoms with Crippen molar-refractivity contribution in [2.75, 3.05) is 0 Å². The molecule has 0 unspecified atom stereocenters. The van der Waals surface area contributed by atoms with Crippen LogP contribution in [0.5, 0.6) is 0 Å². The van der Waals surface area contributed by atoms with Gasteiger partial charge < -0.3 is 0 Å². The van der Waals surface area contributed by atoms with Gasteiger partial charge in [0.15, 0.2) is 0 Å². The van der Waals surface area contributed by atoms with Crippen LogP contribution in [0.25, 0.3) is 10.8 Å². The van der Waals surface area contributed by atoms with Gasteiger partial charge in [-0.05, 0) is 57.3 Å². The maximum Gasteiger partial charge on any atom is 0.0629 e. The molecule has 0 spiro atoms. The van der Waals surface area contributed by atoms with Crippen molar-refractivity contribution in [3.63, 3.8) is 0 Å². The highest BCUT2D eigenvalue weighted by Gasteiger charge is 2.08. The van der Waals surface area contributed by atoms with Crippen molar-refractivity contribution in [1.82, 2.24) is 0 Å². The Morgan fingerprint density at radius 2 is 1.19 bits per heavy atom. The van der Waals surface area contributed by atoms with Crippen LogP contribution in [0, 0.1) is 9.02 Å². The van der Waals surface area contributed by atoms with Gasteiger partial charge in [0.05, 0.1) is 18.8 Å². The van der Waals surface area contributed by atoms with Crippen molar-refractivity contribution in [1.29, 1.82) is 0 Å². The van der Waals surface area contributed by atoms with Gasteiger partial charge in [0.2, 0.25) is 0 Å². The molecule has 4 rings (SSSR count). The zero-order valence-corrected chi connectivity index (χ0v) is 11.1. The van der Waals surface area contributed by atoms with E-state index in [9.17, 15) is 0 Å². The van der Waals surface area contributed by atoms with Crippen LogP contribution in [0.3, 0.4) is 0 Å². The van der Waals surface area contributed by atoms with Crippen molar-refractivity contribution in [3.05, 3.63) is 33.3 Å². The molecule has 16 heavy (non-hydrogen) atoms. The van der Waals surface area contributed by atoms with Crippen LogP contribution in [0.15, 0.2) is 41.6 Å². The Kier molecular flexibility index (Phi) is 2.05. The van der Waals surface area contributed by atoms with E-state index in [1.807, 2.05) is 0 Å². The van der Waals surface area contributed by atoms with Crippen molar-refractivity contribution in [2.45, 2.75) is 9.79 Å². The van der Waals surface area contributed by atoms with Crippen LogP contribution >= 0.6 is 23.9 Å². The van der Waals surface area contributed by atoms with E-state index in [2.05, 4.69) is 31.8 Å². The minimum absolute atomic E-state index is 1.27. The highest BCUT2D eigenvalue weighted by atomic mass is 32.2. The summed E-state index contributed by atoms with van der Waals surface area (Å²) in [5.41, 5.74) is 0. The lowest BCUT2D eigenvalue weighted by atomic mass is 10.1. The minimum Gasteiger partial charge on any atom is -0.154 e. The summed E-state index contributed by atoms with van der Waals surface area (Å²) in [6.45, 7) is 0. The lowest BCUT2D eigenvalue weighted by molar-refractivity contribution is 1.43. The van der Waals surface area contributed by atoms with E-state index in [1.165, 1.54) is 29.6 Å². The van der Waals surface area contributed by atoms with Gasteiger partial charge in [-0.25, -0.2) is 0 Å². The Hall–Kier alpha value is -0.560. The fourth-order valence-electron chi connectivity index (χ4n) is 1.75. The molecule has 0 N–H and O–H groups in total.